The first kappa shape index (κ1) is 17.4. The van der Waals surface area contributed by atoms with Crippen LogP contribution in [0, 0.1) is 10.1 Å². The monoisotopic (exact) mass is 296 g/mol. The normalized spacial score (nSPS) is 10.6. The quantitative estimate of drug-likeness (QED) is 0.386. The summed E-state index contributed by atoms with van der Waals surface area (Å²) in [5.74, 6) is 0.667. The van der Waals surface area contributed by atoms with E-state index in [4.69, 9.17) is 9.47 Å². The second-order valence-electron chi connectivity index (χ2n) is 4.64. The summed E-state index contributed by atoms with van der Waals surface area (Å²) in [6.45, 7) is 7.15. The molecule has 0 radical (unpaired) electrons. The number of hydrogen-bond acceptors (Lipinski definition) is 5. The lowest BCUT2D eigenvalue weighted by Gasteiger charge is -2.12. The molecule has 0 saturated heterocycles. The van der Waals surface area contributed by atoms with Gasteiger partial charge in [0.05, 0.1) is 11.5 Å². The van der Waals surface area contributed by atoms with Crippen LogP contribution in [0.3, 0.4) is 0 Å². The molecule has 0 fully saturated rings. The molecule has 1 rings (SSSR count). The van der Waals surface area contributed by atoms with Gasteiger partial charge in [-0.3, -0.25) is 10.1 Å². The van der Waals surface area contributed by atoms with Crippen LogP contribution in [0.1, 0.15) is 32.3 Å². The van der Waals surface area contributed by atoms with Gasteiger partial charge < -0.3 is 14.8 Å². The van der Waals surface area contributed by atoms with Gasteiger partial charge in [0.25, 0.3) is 5.69 Å². The van der Waals surface area contributed by atoms with Gasteiger partial charge in [-0.05, 0) is 19.0 Å². The Labute approximate surface area is 125 Å². The number of hydrogen-bond donors (Lipinski definition) is 1. The van der Waals surface area contributed by atoms with Crippen LogP contribution in [-0.2, 0) is 11.3 Å². The van der Waals surface area contributed by atoms with Crippen LogP contribution in [0.25, 0.3) is 0 Å². The molecule has 0 aliphatic carbocycles. The summed E-state index contributed by atoms with van der Waals surface area (Å²) in [4.78, 5) is 10.4. The number of unbranched alkanes of at least 4 members (excludes halogenated alkanes) is 1. The highest BCUT2D eigenvalue weighted by atomic mass is 16.6. The maximum absolute atomic E-state index is 10.8. The number of nitro benzene ring substituents is 1. The molecule has 0 unspecified atom stereocenters. The molecule has 1 N–H and O–H groups in total. The Balaban J connectivity index is 2.56. The van der Waals surface area contributed by atoms with Crippen molar-refractivity contribution < 1.29 is 14.4 Å². The molecule has 0 heterocycles. The number of nitrogens with one attached hydrogen (secondary N) is 1. The summed E-state index contributed by atoms with van der Waals surface area (Å²) in [7, 11) is 0. The van der Waals surface area contributed by atoms with E-state index >= 15 is 0 Å². The van der Waals surface area contributed by atoms with Crippen LogP contribution in [0.15, 0.2) is 18.2 Å². The van der Waals surface area contributed by atoms with E-state index in [2.05, 4.69) is 12.2 Å². The van der Waals surface area contributed by atoms with Gasteiger partial charge in [-0.2, -0.15) is 0 Å². The average Bonchev–Trinajstić information content (AvgIpc) is 2.49. The van der Waals surface area contributed by atoms with Crippen molar-refractivity contribution >= 4 is 5.69 Å². The highest BCUT2D eigenvalue weighted by Gasteiger charge is 2.11. The van der Waals surface area contributed by atoms with Gasteiger partial charge in [-0.15, -0.1) is 0 Å². The molecule has 0 aliphatic heterocycles. The third-order valence-corrected chi connectivity index (χ3v) is 2.95. The molecule has 1 aromatic carbocycles. The molecule has 21 heavy (non-hydrogen) atoms. The molecular weight excluding hydrogens is 272 g/mol. The Bertz CT molecular complexity index is 438. The minimum Gasteiger partial charge on any atom is -0.491 e. The minimum absolute atomic E-state index is 0.0782. The van der Waals surface area contributed by atoms with Crippen molar-refractivity contribution in [3.8, 4) is 5.75 Å². The van der Waals surface area contributed by atoms with Gasteiger partial charge in [0.1, 0.15) is 12.4 Å². The molecule has 0 atom stereocenters. The average molecular weight is 296 g/mol. The number of ether oxygens (including phenoxy) is 2. The first-order valence-electron chi connectivity index (χ1n) is 7.37. The van der Waals surface area contributed by atoms with Crippen LogP contribution in [0.5, 0.6) is 5.75 Å². The van der Waals surface area contributed by atoms with Crippen LogP contribution in [-0.4, -0.2) is 31.3 Å². The maximum Gasteiger partial charge on any atom is 0.270 e. The Morgan fingerprint density at radius 3 is 2.71 bits per heavy atom. The smallest absolute Gasteiger partial charge is 0.270 e. The SMILES string of the molecule is CCCCOCCOc1ccc([N+](=O)[O-])cc1CNCC. The number of nitro groups is 1. The number of nitrogens with zero attached hydrogens (tertiary/aromatic N) is 1. The van der Waals surface area contributed by atoms with Crippen molar-refractivity contribution in [3.05, 3.63) is 33.9 Å². The van der Waals surface area contributed by atoms with E-state index in [1.54, 1.807) is 12.1 Å². The van der Waals surface area contributed by atoms with Crippen molar-refractivity contribution in [2.45, 2.75) is 33.2 Å². The Hall–Kier alpha value is -1.66. The third-order valence-electron chi connectivity index (χ3n) is 2.95. The number of rotatable bonds is 11. The topological polar surface area (TPSA) is 73.6 Å². The van der Waals surface area contributed by atoms with Crippen LogP contribution >= 0.6 is 0 Å². The number of benzene rings is 1. The summed E-state index contributed by atoms with van der Waals surface area (Å²) in [5.41, 5.74) is 0.869. The minimum atomic E-state index is -0.396. The molecule has 0 bridgehead atoms. The second-order valence-corrected chi connectivity index (χ2v) is 4.64. The molecule has 0 saturated carbocycles. The molecule has 118 valence electrons. The zero-order valence-corrected chi connectivity index (χ0v) is 12.8. The molecule has 1 aromatic rings. The highest BCUT2D eigenvalue weighted by molar-refractivity contribution is 5.43. The molecule has 6 nitrogen and oxygen atoms in total. The van der Waals surface area contributed by atoms with E-state index in [9.17, 15) is 10.1 Å². The Kier molecular flexibility index (Phi) is 8.38. The molecule has 6 heteroatoms. The van der Waals surface area contributed by atoms with Crippen molar-refractivity contribution in [3.63, 3.8) is 0 Å². The Morgan fingerprint density at radius 2 is 2.05 bits per heavy atom. The fourth-order valence-corrected chi connectivity index (χ4v) is 1.78. The molecule has 0 aliphatic rings. The largest absolute Gasteiger partial charge is 0.491 e. The van der Waals surface area contributed by atoms with Gasteiger partial charge in [0, 0.05) is 30.8 Å². The first-order valence-corrected chi connectivity index (χ1v) is 7.37. The molecule has 0 amide bonds. The lowest BCUT2D eigenvalue weighted by molar-refractivity contribution is -0.384. The zero-order chi connectivity index (χ0) is 15.5. The first-order chi connectivity index (χ1) is 10.2. The van der Waals surface area contributed by atoms with Crippen LogP contribution in [0.4, 0.5) is 5.69 Å². The van der Waals surface area contributed by atoms with Crippen molar-refractivity contribution in [2.24, 2.45) is 0 Å². The summed E-state index contributed by atoms with van der Waals surface area (Å²) in [6.07, 6.45) is 2.15. The van der Waals surface area contributed by atoms with Gasteiger partial charge in [-0.1, -0.05) is 20.3 Å². The number of non-ortho nitro benzene ring substituents is 1. The third kappa shape index (κ3) is 6.55. The predicted molar refractivity (Wildman–Crippen MR) is 81.7 cm³/mol. The molecule has 0 aromatic heterocycles. The standard InChI is InChI=1S/C15H24N2O4/c1-3-5-8-20-9-10-21-15-7-6-14(17(18)19)11-13(15)12-16-4-2/h6-7,11,16H,3-5,8-10,12H2,1-2H3. The van der Waals surface area contributed by atoms with Gasteiger partial charge >= 0.3 is 0 Å². The lowest BCUT2D eigenvalue weighted by Crippen LogP contribution is -2.14. The highest BCUT2D eigenvalue weighted by Crippen LogP contribution is 2.24. The maximum atomic E-state index is 10.8. The van der Waals surface area contributed by atoms with E-state index in [1.807, 2.05) is 6.92 Å². The van der Waals surface area contributed by atoms with E-state index in [0.29, 0.717) is 25.5 Å². The molecule has 0 spiro atoms. The summed E-state index contributed by atoms with van der Waals surface area (Å²) in [6, 6.07) is 4.66. The van der Waals surface area contributed by atoms with E-state index in [1.165, 1.54) is 6.07 Å². The van der Waals surface area contributed by atoms with Crippen LogP contribution < -0.4 is 10.1 Å². The molecular formula is C15H24N2O4. The predicted octanol–water partition coefficient (Wildman–Crippen LogP) is 2.90. The van der Waals surface area contributed by atoms with Crippen molar-refractivity contribution in [1.29, 1.82) is 0 Å². The van der Waals surface area contributed by atoms with Crippen molar-refractivity contribution in [1.82, 2.24) is 5.32 Å². The van der Waals surface area contributed by atoms with Crippen molar-refractivity contribution in [2.75, 3.05) is 26.4 Å². The van der Waals surface area contributed by atoms with Crippen LogP contribution in [0.2, 0.25) is 0 Å². The Morgan fingerprint density at radius 1 is 1.24 bits per heavy atom. The van der Waals surface area contributed by atoms with E-state index < -0.39 is 4.92 Å². The van der Waals surface area contributed by atoms with Gasteiger partial charge in [-0.25, -0.2) is 0 Å². The second kappa shape index (κ2) is 10.1. The van der Waals surface area contributed by atoms with Gasteiger partial charge in [0.15, 0.2) is 0 Å². The summed E-state index contributed by atoms with van der Waals surface area (Å²) >= 11 is 0. The lowest BCUT2D eigenvalue weighted by atomic mass is 10.1. The fraction of sp³-hybridized carbons (Fsp3) is 0.600. The van der Waals surface area contributed by atoms with Gasteiger partial charge in [0.2, 0.25) is 0 Å². The summed E-state index contributed by atoms with van der Waals surface area (Å²) < 4.78 is 11.1. The van der Waals surface area contributed by atoms with E-state index in [0.717, 1.165) is 31.6 Å². The fourth-order valence-electron chi connectivity index (χ4n) is 1.78. The van der Waals surface area contributed by atoms with E-state index in [-0.39, 0.29) is 5.69 Å². The summed E-state index contributed by atoms with van der Waals surface area (Å²) in [5, 5.41) is 14.0. The zero-order valence-electron chi connectivity index (χ0n) is 12.8.